The summed E-state index contributed by atoms with van der Waals surface area (Å²) in [6, 6.07) is 24.6. The Morgan fingerprint density at radius 3 is 2.17 bits per heavy atom. The molecule has 1 saturated heterocycles. The number of hydrogen-bond acceptors (Lipinski definition) is 6. The molecule has 5 rings (SSSR count). The first-order chi connectivity index (χ1) is 17.5. The van der Waals surface area contributed by atoms with Gasteiger partial charge in [-0.1, -0.05) is 72.3 Å². The molecule has 0 amide bonds. The second-order valence-corrected chi connectivity index (χ2v) is 10.6. The average molecular weight is 500 g/mol. The Balaban J connectivity index is 1.35. The summed E-state index contributed by atoms with van der Waals surface area (Å²) in [5.74, 6) is 0.815. The summed E-state index contributed by atoms with van der Waals surface area (Å²) < 4.78 is 29.0. The maximum atomic E-state index is 13.2. The average Bonchev–Trinajstić information content (AvgIpc) is 2.89. The number of nitrogens with zero attached hydrogens (tertiary/aromatic N) is 4. The van der Waals surface area contributed by atoms with Crippen molar-refractivity contribution < 1.29 is 8.42 Å². The van der Waals surface area contributed by atoms with E-state index in [1.54, 1.807) is 24.3 Å². The minimum Gasteiger partial charge on any atom is -0.351 e. The predicted molar refractivity (Wildman–Crippen MR) is 146 cm³/mol. The smallest absolute Gasteiger partial charge is 0.263 e. The number of aryl methyl sites for hydroxylation is 1. The lowest BCUT2D eigenvalue weighted by Gasteiger charge is -2.35. The second kappa shape index (κ2) is 10.5. The van der Waals surface area contributed by atoms with Gasteiger partial charge >= 0.3 is 0 Å². The highest BCUT2D eigenvalue weighted by atomic mass is 32.2. The van der Waals surface area contributed by atoms with Crippen LogP contribution in [0.5, 0.6) is 0 Å². The number of fused-ring (bicyclic) bond motifs is 1. The topological polar surface area (TPSA) is 78.4 Å². The van der Waals surface area contributed by atoms with Crippen molar-refractivity contribution in [2.75, 3.05) is 42.3 Å². The number of rotatable bonds is 7. The number of anilines is 2. The molecule has 1 fully saturated rings. The number of piperazine rings is 1. The van der Waals surface area contributed by atoms with Gasteiger partial charge in [0, 0.05) is 32.7 Å². The fraction of sp³-hybridized carbons (Fsp3) is 0.214. The Morgan fingerprint density at radius 1 is 0.833 bits per heavy atom. The van der Waals surface area contributed by atoms with Crippen LogP contribution in [0, 0.1) is 6.92 Å². The predicted octanol–water partition coefficient (Wildman–Crippen LogP) is 4.57. The van der Waals surface area contributed by atoms with Gasteiger partial charge < -0.3 is 4.90 Å². The Kier molecular flexibility index (Phi) is 6.97. The molecule has 1 N–H and O–H groups in total. The molecule has 0 radical (unpaired) electrons. The summed E-state index contributed by atoms with van der Waals surface area (Å²) >= 11 is 0. The highest BCUT2D eigenvalue weighted by molar-refractivity contribution is 7.92. The van der Waals surface area contributed by atoms with E-state index < -0.39 is 10.0 Å². The number of nitrogens with one attached hydrogen (secondary N) is 1. The monoisotopic (exact) mass is 499 g/mol. The van der Waals surface area contributed by atoms with Crippen LogP contribution in [0.15, 0.2) is 89.8 Å². The summed E-state index contributed by atoms with van der Waals surface area (Å²) in [7, 11) is -3.81. The number of benzene rings is 3. The lowest BCUT2D eigenvalue weighted by atomic mass is 10.2. The quantitative estimate of drug-likeness (QED) is 0.401. The van der Waals surface area contributed by atoms with Crippen molar-refractivity contribution in [3.05, 3.63) is 96.1 Å². The van der Waals surface area contributed by atoms with Crippen molar-refractivity contribution in [3.8, 4) is 0 Å². The summed E-state index contributed by atoms with van der Waals surface area (Å²) in [4.78, 5) is 14.2. The molecule has 0 spiro atoms. The van der Waals surface area contributed by atoms with Crippen molar-refractivity contribution in [2.45, 2.75) is 11.8 Å². The van der Waals surface area contributed by atoms with Crippen LogP contribution < -0.4 is 9.62 Å². The van der Waals surface area contributed by atoms with E-state index in [1.807, 2.05) is 49.4 Å². The molecule has 0 atom stereocenters. The molecule has 184 valence electrons. The van der Waals surface area contributed by atoms with E-state index in [1.165, 1.54) is 5.56 Å². The number of para-hydroxylation sites is 2. The summed E-state index contributed by atoms with van der Waals surface area (Å²) in [5.41, 5.74) is 3.57. The fourth-order valence-electron chi connectivity index (χ4n) is 4.23. The molecule has 7 nitrogen and oxygen atoms in total. The van der Waals surface area contributed by atoms with Gasteiger partial charge in [0.25, 0.3) is 10.0 Å². The van der Waals surface area contributed by atoms with Gasteiger partial charge in [0.2, 0.25) is 0 Å². The third-order valence-electron chi connectivity index (χ3n) is 6.26. The largest absolute Gasteiger partial charge is 0.351 e. The normalized spacial score (nSPS) is 15.0. The minimum absolute atomic E-state index is 0.198. The molecular formula is C28H29N5O2S. The van der Waals surface area contributed by atoms with E-state index in [0.717, 1.165) is 43.8 Å². The van der Waals surface area contributed by atoms with Crippen molar-refractivity contribution in [1.29, 1.82) is 0 Å². The molecule has 4 aromatic rings. The van der Waals surface area contributed by atoms with Gasteiger partial charge in [0.15, 0.2) is 11.6 Å². The SMILES string of the molecule is Cc1ccc(S(=O)(=O)Nc2nc3ccccc3nc2N2CCN(CC=Cc3ccccc3)CC2)cc1. The standard InChI is InChI=1S/C28H29N5O2S/c1-22-13-15-24(16-14-22)36(34,35)31-27-28(30-26-12-6-5-11-25(26)29-27)33-20-18-32(19-21-33)17-7-10-23-8-3-2-4-9-23/h2-16H,17-21H2,1H3,(H,29,31). The molecule has 0 unspecified atom stereocenters. The molecule has 1 aliphatic heterocycles. The Bertz CT molecular complexity index is 1460. The molecule has 1 aromatic heterocycles. The maximum Gasteiger partial charge on any atom is 0.263 e. The molecule has 36 heavy (non-hydrogen) atoms. The third kappa shape index (κ3) is 5.56. The van der Waals surface area contributed by atoms with Gasteiger partial charge in [-0.15, -0.1) is 0 Å². The van der Waals surface area contributed by atoms with Gasteiger partial charge in [0.1, 0.15) is 0 Å². The molecular weight excluding hydrogens is 470 g/mol. The van der Waals surface area contributed by atoms with Crippen LogP contribution in [0.2, 0.25) is 0 Å². The van der Waals surface area contributed by atoms with E-state index in [-0.39, 0.29) is 10.7 Å². The third-order valence-corrected chi connectivity index (χ3v) is 7.61. The van der Waals surface area contributed by atoms with Crippen LogP contribution in [0.3, 0.4) is 0 Å². The lowest BCUT2D eigenvalue weighted by molar-refractivity contribution is 0.284. The van der Waals surface area contributed by atoms with E-state index in [0.29, 0.717) is 11.3 Å². The molecule has 1 aliphatic rings. The Labute approximate surface area is 212 Å². The van der Waals surface area contributed by atoms with Crippen LogP contribution in [-0.4, -0.2) is 56.0 Å². The molecule has 3 aromatic carbocycles. The van der Waals surface area contributed by atoms with Crippen molar-refractivity contribution in [3.63, 3.8) is 0 Å². The van der Waals surface area contributed by atoms with Crippen molar-refractivity contribution in [2.24, 2.45) is 0 Å². The van der Waals surface area contributed by atoms with Crippen LogP contribution in [-0.2, 0) is 10.0 Å². The molecule has 8 heteroatoms. The second-order valence-electron chi connectivity index (χ2n) is 8.90. The first-order valence-electron chi connectivity index (χ1n) is 12.0. The Morgan fingerprint density at radius 2 is 1.47 bits per heavy atom. The first-order valence-corrected chi connectivity index (χ1v) is 13.5. The van der Waals surface area contributed by atoms with Crippen LogP contribution >= 0.6 is 0 Å². The zero-order valence-corrected chi connectivity index (χ0v) is 21.0. The van der Waals surface area contributed by atoms with Crippen LogP contribution in [0.4, 0.5) is 11.6 Å². The van der Waals surface area contributed by atoms with Gasteiger partial charge in [0.05, 0.1) is 15.9 Å². The highest BCUT2D eigenvalue weighted by Crippen LogP contribution is 2.28. The molecule has 2 heterocycles. The summed E-state index contributed by atoms with van der Waals surface area (Å²) in [6.07, 6.45) is 4.32. The highest BCUT2D eigenvalue weighted by Gasteiger charge is 2.24. The number of sulfonamides is 1. The zero-order chi connectivity index (χ0) is 25.0. The Hall–Kier alpha value is -3.75. The minimum atomic E-state index is -3.81. The molecule has 0 bridgehead atoms. The molecule has 0 aliphatic carbocycles. The zero-order valence-electron chi connectivity index (χ0n) is 20.2. The lowest BCUT2D eigenvalue weighted by Crippen LogP contribution is -2.47. The maximum absolute atomic E-state index is 13.2. The van der Waals surface area contributed by atoms with E-state index in [2.05, 4.69) is 43.8 Å². The van der Waals surface area contributed by atoms with E-state index >= 15 is 0 Å². The molecule has 0 saturated carbocycles. The van der Waals surface area contributed by atoms with Crippen LogP contribution in [0.1, 0.15) is 11.1 Å². The summed E-state index contributed by atoms with van der Waals surface area (Å²) in [5, 5.41) is 0. The van der Waals surface area contributed by atoms with Gasteiger partial charge in [-0.3, -0.25) is 9.62 Å². The van der Waals surface area contributed by atoms with Gasteiger partial charge in [-0.25, -0.2) is 18.4 Å². The van der Waals surface area contributed by atoms with Crippen molar-refractivity contribution >= 4 is 38.8 Å². The van der Waals surface area contributed by atoms with Gasteiger partial charge in [-0.05, 0) is 36.8 Å². The first kappa shape index (κ1) is 24.0. The van der Waals surface area contributed by atoms with Crippen molar-refractivity contribution in [1.82, 2.24) is 14.9 Å². The van der Waals surface area contributed by atoms with Crippen LogP contribution in [0.25, 0.3) is 17.1 Å². The van der Waals surface area contributed by atoms with Gasteiger partial charge in [-0.2, -0.15) is 0 Å². The number of aromatic nitrogens is 2. The van der Waals surface area contributed by atoms with E-state index in [4.69, 9.17) is 4.98 Å². The fourth-order valence-corrected chi connectivity index (χ4v) is 5.23. The van der Waals surface area contributed by atoms with E-state index in [9.17, 15) is 8.42 Å². The summed E-state index contributed by atoms with van der Waals surface area (Å²) in [6.45, 7) is 5.93. The number of hydrogen-bond donors (Lipinski definition) is 1.